The first-order valence-electron chi connectivity index (χ1n) is 10.8. The largest absolute Gasteiger partial charge is 0.469 e. The van der Waals surface area contributed by atoms with Gasteiger partial charge in [0.2, 0.25) is 5.91 Å². The minimum absolute atomic E-state index is 0.0640. The van der Waals surface area contributed by atoms with Crippen LogP contribution in [0.3, 0.4) is 0 Å². The summed E-state index contributed by atoms with van der Waals surface area (Å²) in [7, 11) is 1.43. The molecule has 0 bridgehead atoms. The van der Waals surface area contributed by atoms with Crippen LogP contribution in [0.1, 0.15) is 66.2 Å². The molecule has 2 fully saturated rings. The predicted molar refractivity (Wildman–Crippen MR) is 110 cm³/mol. The van der Waals surface area contributed by atoms with Crippen LogP contribution in [0, 0.1) is 10.8 Å². The molecular weight excluding hydrogens is 356 g/mol. The van der Waals surface area contributed by atoms with E-state index in [9.17, 15) is 9.59 Å². The molecule has 0 atom stereocenters. The molecule has 0 aromatic rings. The molecule has 0 radical (unpaired) electrons. The highest BCUT2D eigenvalue weighted by Crippen LogP contribution is 2.36. The number of methoxy groups -OCH3 is 1. The molecule has 1 amide bonds. The van der Waals surface area contributed by atoms with E-state index in [-0.39, 0.29) is 22.7 Å². The Labute approximate surface area is 170 Å². The zero-order valence-electron chi connectivity index (χ0n) is 18.6. The molecule has 2 aliphatic rings. The molecule has 0 aromatic carbocycles. The molecule has 2 saturated heterocycles. The average Bonchev–Trinajstić information content (AvgIpc) is 2.67. The molecule has 162 valence electrons. The number of hydrogen-bond donors (Lipinski definition) is 0. The normalized spacial score (nSPS) is 20.2. The van der Waals surface area contributed by atoms with E-state index in [4.69, 9.17) is 9.47 Å². The summed E-state index contributed by atoms with van der Waals surface area (Å²) >= 11 is 0. The van der Waals surface area contributed by atoms with E-state index in [1.807, 2.05) is 0 Å². The van der Waals surface area contributed by atoms with Crippen molar-refractivity contribution in [2.24, 2.45) is 10.8 Å². The monoisotopic (exact) mass is 396 g/mol. The van der Waals surface area contributed by atoms with E-state index in [0.29, 0.717) is 18.9 Å². The van der Waals surface area contributed by atoms with Crippen LogP contribution < -0.4 is 0 Å². The third kappa shape index (κ3) is 7.36. The van der Waals surface area contributed by atoms with Gasteiger partial charge in [0.15, 0.2) is 0 Å². The highest BCUT2D eigenvalue weighted by atomic mass is 16.5. The molecule has 6 nitrogen and oxygen atoms in total. The standard InChI is InChI=1S/C22H40N2O4/c1-21(2,8-9-22(3,4)17-20(26)27-5)16-19(25)24-10-6-18(7-11-24)23-12-14-28-15-13-23/h18H,6-17H2,1-5H3. The number of nitrogens with zero attached hydrogens (tertiary/aromatic N) is 2. The van der Waals surface area contributed by atoms with Crippen molar-refractivity contribution in [3.63, 3.8) is 0 Å². The van der Waals surface area contributed by atoms with Gasteiger partial charge in [-0.15, -0.1) is 0 Å². The quantitative estimate of drug-likeness (QED) is 0.590. The Morgan fingerprint density at radius 1 is 0.929 bits per heavy atom. The van der Waals surface area contributed by atoms with Gasteiger partial charge in [0.05, 0.1) is 26.7 Å². The van der Waals surface area contributed by atoms with Gasteiger partial charge >= 0.3 is 5.97 Å². The lowest BCUT2D eigenvalue weighted by molar-refractivity contribution is -0.143. The first kappa shape index (κ1) is 23.1. The van der Waals surface area contributed by atoms with Gasteiger partial charge in [-0.3, -0.25) is 14.5 Å². The number of esters is 1. The fraction of sp³-hybridized carbons (Fsp3) is 0.909. The number of likely N-dealkylation sites (tertiary alicyclic amines) is 1. The Balaban J connectivity index is 1.75. The van der Waals surface area contributed by atoms with Crippen LogP contribution in [0.2, 0.25) is 0 Å². The van der Waals surface area contributed by atoms with Crippen LogP contribution in [-0.4, -0.2) is 74.2 Å². The summed E-state index contributed by atoms with van der Waals surface area (Å²) < 4.78 is 10.3. The molecule has 0 saturated carbocycles. The lowest BCUT2D eigenvalue weighted by Gasteiger charge is -2.41. The van der Waals surface area contributed by atoms with Crippen molar-refractivity contribution in [3.05, 3.63) is 0 Å². The highest BCUT2D eigenvalue weighted by Gasteiger charge is 2.32. The Kier molecular flexibility index (Phi) is 8.31. The summed E-state index contributed by atoms with van der Waals surface area (Å²) in [6, 6.07) is 0.597. The summed E-state index contributed by atoms with van der Waals surface area (Å²) in [6.07, 6.45) is 4.96. The van der Waals surface area contributed by atoms with Crippen LogP contribution in [-0.2, 0) is 19.1 Å². The fourth-order valence-corrected chi connectivity index (χ4v) is 4.26. The molecule has 0 aliphatic carbocycles. The van der Waals surface area contributed by atoms with E-state index < -0.39 is 0 Å². The van der Waals surface area contributed by atoms with Crippen molar-refractivity contribution in [1.82, 2.24) is 9.80 Å². The van der Waals surface area contributed by atoms with E-state index >= 15 is 0 Å². The Morgan fingerprint density at radius 2 is 1.46 bits per heavy atom. The lowest BCUT2D eigenvalue weighted by Crippen LogP contribution is -2.50. The van der Waals surface area contributed by atoms with Gasteiger partial charge in [-0.2, -0.15) is 0 Å². The summed E-state index contributed by atoms with van der Waals surface area (Å²) in [4.78, 5) is 29.0. The van der Waals surface area contributed by atoms with E-state index in [0.717, 1.165) is 65.1 Å². The van der Waals surface area contributed by atoms with Crippen LogP contribution >= 0.6 is 0 Å². The molecule has 0 unspecified atom stereocenters. The van der Waals surface area contributed by atoms with Gasteiger partial charge in [0.25, 0.3) is 0 Å². The molecule has 0 N–H and O–H groups in total. The smallest absolute Gasteiger partial charge is 0.306 e. The highest BCUT2D eigenvalue weighted by molar-refractivity contribution is 5.77. The van der Waals surface area contributed by atoms with E-state index in [1.165, 1.54) is 7.11 Å². The molecule has 2 heterocycles. The van der Waals surface area contributed by atoms with Gasteiger partial charge in [0, 0.05) is 38.6 Å². The second-order valence-electron chi connectivity index (χ2n) is 10.0. The summed E-state index contributed by atoms with van der Waals surface area (Å²) in [6.45, 7) is 14.0. The van der Waals surface area contributed by atoms with Crippen molar-refractivity contribution in [3.8, 4) is 0 Å². The summed E-state index contributed by atoms with van der Waals surface area (Å²) in [5.41, 5.74) is -0.171. The molecule has 2 aliphatic heterocycles. The average molecular weight is 397 g/mol. The van der Waals surface area contributed by atoms with Gasteiger partial charge in [-0.25, -0.2) is 0 Å². The van der Waals surface area contributed by atoms with Crippen LogP contribution in [0.4, 0.5) is 0 Å². The maximum Gasteiger partial charge on any atom is 0.306 e. The minimum atomic E-state index is -0.165. The Bertz CT molecular complexity index is 519. The second-order valence-corrected chi connectivity index (χ2v) is 10.0. The number of rotatable bonds is 8. The van der Waals surface area contributed by atoms with Gasteiger partial charge in [-0.1, -0.05) is 27.7 Å². The molecule has 28 heavy (non-hydrogen) atoms. The van der Waals surface area contributed by atoms with Crippen molar-refractivity contribution in [2.45, 2.75) is 72.3 Å². The van der Waals surface area contributed by atoms with Crippen molar-refractivity contribution in [1.29, 1.82) is 0 Å². The van der Waals surface area contributed by atoms with Crippen molar-refractivity contribution < 1.29 is 19.1 Å². The zero-order valence-corrected chi connectivity index (χ0v) is 18.6. The topological polar surface area (TPSA) is 59.1 Å². The molecule has 0 aromatic heterocycles. The first-order chi connectivity index (χ1) is 13.1. The third-order valence-corrected chi connectivity index (χ3v) is 6.34. The predicted octanol–water partition coefficient (Wildman–Crippen LogP) is 3.10. The van der Waals surface area contributed by atoms with Crippen molar-refractivity contribution in [2.75, 3.05) is 46.5 Å². The van der Waals surface area contributed by atoms with Crippen LogP contribution in [0.15, 0.2) is 0 Å². The zero-order chi connectivity index (χ0) is 20.8. The SMILES string of the molecule is COC(=O)CC(C)(C)CCC(C)(C)CC(=O)N1CCC(N2CCOCC2)CC1. The molecule has 2 rings (SSSR count). The fourth-order valence-electron chi connectivity index (χ4n) is 4.26. The number of morpholine rings is 1. The first-order valence-corrected chi connectivity index (χ1v) is 10.8. The maximum atomic E-state index is 12.9. The van der Waals surface area contributed by atoms with Crippen LogP contribution in [0.25, 0.3) is 0 Å². The Hall–Kier alpha value is -1.14. The molecule has 6 heteroatoms. The second kappa shape index (κ2) is 10.1. The Morgan fingerprint density at radius 3 is 2.00 bits per heavy atom. The minimum Gasteiger partial charge on any atom is -0.469 e. The van der Waals surface area contributed by atoms with Crippen LogP contribution in [0.5, 0.6) is 0 Å². The maximum absolute atomic E-state index is 12.9. The molecule has 0 spiro atoms. The number of amides is 1. The van der Waals surface area contributed by atoms with E-state index in [1.54, 1.807) is 0 Å². The number of ether oxygens (including phenoxy) is 2. The van der Waals surface area contributed by atoms with Gasteiger partial charge < -0.3 is 14.4 Å². The summed E-state index contributed by atoms with van der Waals surface area (Å²) in [5, 5.41) is 0. The lowest BCUT2D eigenvalue weighted by atomic mass is 9.75. The molecular formula is C22H40N2O4. The van der Waals surface area contributed by atoms with Crippen molar-refractivity contribution >= 4 is 11.9 Å². The summed E-state index contributed by atoms with van der Waals surface area (Å²) in [5.74, 6) is 0.109. The van der Waals surface area contributed by atoms with Gasteiger partial charge in [0.1, 0.15) is 0 Å². The van der Waals surface area contributed by atoms with Gasteiger partial charge in [-0.05, 0) is 36.5 Å². The number of carbonyl (C=O) groups excluding carboxylic acids is 2. The van der Waals surface area contributed by atoms with E-state index in [2.05, 4.69) is 37.5 Å². The number of piperidine rings is 1. The number of hydrogen-bond acceptors (Lipinski definition) is 5. The number of carbonyl (C=O) groups is 2. The third-order valence-electron chi connectivity index (χ3n) is 6.34.